The van der Waals surface area contributed by atoms with Crippen LogP contribution < -0.4 is 4.74 Å². The van der Waals surface area contributed by atoms with E-state index >= 15 is 0 Å². The second kappa shape index (κ2) is 5.57. The predicted octanol–water partition coefficient (Wildman–Crippen LogP) is 1.42. The first-order valence-electron chi connectivity index (χ1n) is 6.29. The molecule has 2 heterocycles. The molecule has 0 aliphatic carbocycles. The van der Waals surface area contributed by atoms with Crippen molar-refractivity contribution in [3.05, 3.63) is 36.0 Å². The highest BCUT2D eigenvalue weighted by molar-refractivity contribution is 7.80. The van der Waals surface area contributed by atoms with Crippen LogP contribution in [0.3, 0.4) is 0 Å². The SMILES string of the molecule is COc1ccc(Cn2nnc(-c3cnn(C)c3S)n2)cc1. The molecule has 2 aromatic heterocycles. The molecule has 0 amide bonds. The third-order valence-electron chi connectivity index (χ3n) is 3.08. The van der Waals surface area contributed by atoms with Gasteiger partial charge in [-0.3, -0.25) is 4.68 Å². The number of tetrazole rings is 1. The van der Waals surface area contributed by atoms with Gasteiger partial charge in [0.2, 0.25) is 5.82 Å². The maximum Gasteiger partial charge on any atom is 0.209 e. The Morgan fingerprint density at radius 3 is 2.62 bits per heavy atom. The molecule has 7 nitrogen and oxygen atoms in total. The first kappa shape index (κ1) is 13.6. The lowest BCUT2D eigenvalue weighted by molar-refractivity contribution is 0.414. The fraction of sp³-hybridized carbons (Fsp3) is 0.231. The van der Waals surface area contributed by atoms with Crippen molar-refractivity contribution in [2.24, 2.45) is 7.05 Å². The number of aromatic nitrogens is 6. The van der Waals surface area contributed by atoms with Crippen LogP contribution in [0.2, 0.25) is 0 Å². The smallest absolute Gasteiger partial charge is 0.209 e. The van der Waals surface area contributed by atoms with Crippen molar-refractivity contribution in [3.63, 3.8) is 0 Å². The lowest BCUT2D eigenvalue weighted by Gasteiger charge is -2.02. The summed E-state index contributed by atoms with van der Waals surface area (Å²) in [6, 6.07) is 7.74. The predicted molar refractivity (Wildman–Crippen MR) is 79.4 cm³/mol. The lowest BCUT2D eigenvalue weighted by atomic mass is 10.2. The maximum absolute atomic E-state index is 5.13. The van der Waals surface area contributed by atoms with Gasteiger partial charge in [0.25, 0.3) is 0 Å². The van der Waals surface area contributed by atoms with Gasteiger partial charge in [0.15, 0.2) is 0 Å². The molecule has 0 spiro atoms. The number of thiol groups is 1. The van der Waals surface area contributed by atoms with Gasteiger partial charge in [-0.05, 0) is 22.9 Å². The standard InChI is InChI=1S/C13H14N6OS/c1-18-13(21)11(7-14-18)12-15-17-19(16-12)8-9-3-5-10(20-2)6-4-9/h3-7,21H,8H2,1-2H3. The van der Waals surface area contributed by atoms with Crippen LogP contribution in [-0.2, 0) is 13.6 Å². The number of hydrogen-bond donors (Lipinski definition) is 1. The zero-order valence-electron chi connectivity index (χ0n) is 11.6. The summed E-state index contributed by atoms with van der Waals surface area (Å²) in [5.74, 6) is 1.34. The summed E-state index contributed by atoms with van der Waals surface area (Å²) in [4.78, 5) is 1.54. The maximum atomic E-state index is 5.13. The van der Waals surface area contributed by atoms with E-state index in [1.807, 2.05) is 31.3 Å². The average Bonchev–Trinajstić information content (AvgIpc) is 3.08. The van der Waals surface area contributed by atoms with Gasteiger partial charge in [0.1, 0.15) is 10.8 Å². The Bertz CT molecular complexity index is 748. The van der Waals surface area contributed by atoms with E-state index in [4.69, 9.17) is 4.74 Å². The molecular weight excluding hydrogens is 288 g/mol. The molecule has 0 saturated carbocycles. The molecular formula is C13H14N6OS. The van der Waals surface area contributed by atoms with Gasteiger partial charge in [0, 0.05) is 7.05 Å². The van der Waals surface area contributed by atoms with Crippen LogP contribution in [0.15, 0.2) is 35.5 Å². The summed E-state index contributed by atoms with van der Waals surface area (Å²) in [7, 11) is 3.46. The van der Waals surface area contributed by atoms with E-state index in [1.165, 1.54) is 4.80 Å². The molecule has 0 N–H and O–H groups in total. The van der Waals surface area contributed by atoms with Crippen LogP contribution in [0.5, 0.6) is 5.75 Å². The highest BCUT2D eigenvalue weighted by Crippen LogP contribution is 2.21. The fourth-order valence-corrected chi connectivity index (χ4v) is 2.11. The number of ether oxygens (including phenoxy) is 1. The van der Waals surface area contributed by atoms with Crippen LogP contribution in [0.25, 0.3) is 11.4 Å². The minimum absolute atomic E-state index is 0.515. The summed E-state index contributed by atoms with van der Waals surface area (Å²) in [5.41, 5.74) is 1.83. The zero-order chi connectivity index (χ0) is 14.8. The van der Waals surface area contributed by atoms with Crippen molar-refractivity contribution in [1.82, 2.24) is 30.0 Å². The van der Waals surface area contributed by atoms with E-state index in [-0.39, 0.29) is 0 Å². The van der Waals surface area contributed by atoms with E-state index in [9.17, 15) is 0 Å². The second-order valence-electron chi connectivity index (χ2n) is 4.50. The van der Waals surface area contributed by atoms with Crippen LogP contribution in [0.1, 0.15) is 5.56 Å². The van der Waals surface area contributed by atoms with Gasteiger partial charge in [0.05, 0.1) is 25.4 Å². The third-order valence-corrected chi connectivity index (χ3v) is 3.61. The molecule has 0 fully saturated rings. The third kappa shape index (κ3) is 2.75. The molecule has 0 bridgehead atoms. The van der Waals surface area contributed by atoms with E-state index in [1.54, 1.807) is 18.0 Å². The number of aryl methyl sites for hydroxylation is 1. The van der Waals surface area contributed by atoms with Gasteiger partial charge < -0.3 is 4.74 Å². The van der Waals surface area contributed by atoms with Crippen molar-refractivity contribution < 1.29 is 4.74 Å². The van der Waals surface area contributed by atoms with Crippen molar-refractivity contribution >= 4 is 12.6 Å². The summed E-state index contributed by atoms with van der Waals surface area (Å²) in [6.45, 7) is 0.541. The number of benzene rings is 1. The molecule has 108 valence electrons. The first-order chi connectivity index (χ1) is 10.2. The minimum Gasteiger partial charge on any atom is -0.497 e. The molecule has 8 heteroatoms. The van der Waals surface area contributed by atoms with E-state index in [0.717, 1.165) is 16.9 Å². The Kier molecular flexibility index (Phi) is 3.61. The Morgan fingerprint density at radius 2 is 2.00 bits per heavy atom. The van der Waals surface area contributed by atoms with Crippen molar-refractivity contribution in [1.29, 1.82) is 0 Å². The number of hydrogen-bond acceptors (Lipinski definition) is 6. The topological polar surface area (TPSA) is 70.7 Å². The fourth-order valence-electron chi connectivity index (χ4n) is 1.90. The second-order valence-corrected chi connectivity index (χ2v) is 4.92. The van der Waals surface area contributed by atoms with E-state index < -0.39 is 0 Å². The van der Waals surface area contributed by atoms with Crippen LogP contribution >= 0.6 is 12.6 Å². The van der Waals surface area contributed by atoms with E-state index in [0.29, 0.717) is 17.4 Å². The summed E-state index contributed by atoms with van der Waals surface area (Å²) < 4.78 is 6.78. The minimum atomic E-state index is 0.515. The number of nitrogens with zero attached hydrogens (tertiary/aromatic N) is 6. The van der Waals surface area contributed by atoms with Gasteiger partial charge in [-0.1, -0.05) is 12.1 Å². The summed E-state index contributed by atoms with van der Waals surface area (Å²) >= 11 is 4.37. The molecule has 3 aromatic rings. The molecule has 0 atom stereocenters. The summed E-state index contributed by atoms with van der Waals surface area (Å²) in [5, 5.41) is 17.3. The molecule has 0 aliphatic heterocycles. The lowest BCUT2D eigenvalue weighted by Crippen LogP contribution is -2.04. The monoisotopic (exact) mass is 302 g/mol. The molecule has 21 heavy (non-hydrogen) atoms. The molecule has 1 aromatic carbocycles. The normalized spacial score (nSPS) is 10.8. The largest absolute Gasteiger partial charge is 0.497 e. The number of methoxy groups -OCH3 is 1. The zero-order valence-corrected chi connectivity index (χ0v) is 12.5. The Hall–Kier alpha value is -2.35. The quantitative estimate of drug-likeness (QED) is 0.738. The summed E-state index contributed by atoms with van der Waals surface area (Å²) in [6.07, 6.45) is 1.68. The van der Waals surface area contributed by atoms with Gasteiger partial charge in [-0.15, -0.1) is 22.8 Å². The first-order valence-corrected chi connectivity index (χ1v) is 6.74. The molecule has 0 unspecified atom stereocenters. The van der Waals surface area contributed by atoms with Gasteiger partial charge >= 0.3 is 0 Å². The van der Waals surface area contributed by atoms with Crippen LogP contribution in [0.4, 0.5) is 0 Å². The average molecular weight is 302 g/mol. The van der Waals surface area contributed by atoms with Gasteiger partial charge in [-0.2, -0.15) is 9.90 Å². The number of rotatable bonds is 4. The van der Waals surface area contributed by atoms with Crippen LogP contribution in [-0.4, -0.2) is 37.1 Å². The van der Waals surface area contributed by atoms with Crippen molar-refractivity contribution in [2.45, 2.75) is 11.6 Å². The molecule has 0 radical (unpaired) electrons. The Morgan fingerprint density at radius 1 is 1.24 bits per heavy atom. The van der Waals surface area contributed by atoms with E-state index in [2.05, 4.69) is 33.1 Å². The highest BCUT2D eigenvalue weighted by atomic mass is 32.1. The molecule has 0 aliphatic rings. The van der Waals surface area contributed by atoms with Gasteiger partial charge in [-0.25, -0.2) is 0 Å². The molecule has 0 saturated heterocycles. The highest BCUT2D eigenvalue weighted by Gasteiger charge is 2.13. The Balaban J connectivity index is 1.80. The van der Waals surface area contributed by atoms with Crippen molar-refractivity contribution in [2.75, 3.05) is 7.11 Å². The van der Waals surface area contributed by atoms with Crippen LogP contribution in [0, 0.1) is 0 Å². The van der Waals surface area contributed by atoms with Crippen molar-refractivity contribution in [3.8, 4) is 17.1 Å². The Labute approximate surface area is 126 Å². The molecule has 3 rings (SSSR count).